The van der Waals surface area contributed by atoms with Crippen LogP contribution in [0.25, 0.3) is 22.1 Å². The maximum Gasteiger partial charge on any atom is 0.344 e. The van der Waals surface area contributed by atoms with Crippen molar-refractivity contribution in [2.24, 2.45) is 0 Å². The van der Waals surface area contributed by atoms with E-state index in [1.807, 2.05) is 12.1 Å². The molecular weight excluding hydrogens is 396 g/mol. The molecule has 0 atom stereocenters. The Balaban J connectivity index is 1.36. The second-order valence-electron chi connectivity index (χ2n) is 6.67. The average Bonchev–Trinajstić information content (AvgIpc) is 2.82. The highest BCUT2D eigenvalue weighted by Gasteiger charge is 2.10. The normalized spacial score (nSPS) is 10.6. The van der Waals surface area contributed by atoms with Crippen molar-refractivity contribution in [3.05, 3.63) is 94.9 Å². The number of aromatic nitrogens is 2. The minimum absolute atomic E-state index is 0.211. The van der Waals surface area contributed by atoms with Gasteiger partial charge in [0.05, 0.1) is 11.8 Å². The molecule has 2 amide bonds. The lowest BCUT2D eigenvalue weighted by Crippen LogP contribution is -2.35. The molecule has 4 aromatic rings. The number of nitrogens with zero attached hydrogens (tertiary/aromatic N) is 2. The second-order valence-corrected chi connectivity index (χ2v) is 6.67. The molecule has 8 heteroatoms. The van der Waals surface area contributed by atoms with Crippen LogP contribution in [0.2, 0.25) is 0 Å². The van der Waals surface area contributed by atoms with Gasteiger partial charge in [-0.1, -0.05) is 30.3 Å². The highest BCUT2D eigenvalue weighted by atomic mass is 16.4. The van der Waals surface area contributed by atoms with Crippen LogP contribution in [0.4, 0.5) is 0 Å². The summed E-state index contributed by atoms with van der Waals surface area (Å²) < 4.78 is 5.36. The van der Waals surface area contributed by atoms with E-state index in [9.17, 15) is 14.4 Å². The first kappa shape index (κ1) is 20.0. The summed E-state index contributed by atoms with van der Waals surface area (Å²) in [5.41, 5.74) is 1.83. The van der Waals surface area contributed by atoms with Crippen molar-refractivity contribution < 1.29 is 14.0 Å². The van der Waals surface area contributed by atoms with Crippen molar-refractivity contribution in [2.45, 2.75) is 0 Å². The minimum Gasteiger partial charge on any atom is -0.422 e. The van der Waals surface area contributed by atoms with Gasteiger partial charge >= 0.3 is 5.63 Å². The topological polar surface area (TPSA) is 114 Å². The van der Waals surface area contributed by atoms with E-state index in [1.54, 1.807) is 42.5 Å². The smallest absolute Gasteiger partial charge is 0.344 e. The number of rotatable bonds is 6. The summed E-state index contributed by atoms with van der Waals surface area (Å²) in [6.45, 7) is 0.498. The van der Waals surface area contributed by atoms with Crippen LogP contribution < -0.4 is 16.3 Å². The first-order valence-electron chi connectivity index (χ1n) is 9.57. The Hall–Kier alpha value is -4.33. The number of para-hydroxylation sites is 1. The molecule has 0 saturated carbocycles. The van der Waals surface area contributed by atoms with Gasteiger partial charge in [0.15, 0.2) is 0 Å². The molecule has 2 aromatic carbocycles. The molecular formula is C23H18N4O4. The summed E-state index contributed by atoms with van der Waals surface area (Å²) in [6, 6.07) is 15.7. The fourth-order valence-corrected chi connectivity index (χ4v) is 3.03. The second kappa shape index (κ2) is 9.00. The van der Waals surface area contributed by atoms with Gasteiger partial charge in [0.2, 0.25) is 0 Å². The van der Waals surface area contributed by atoms with Gasteiger partial charge in [0.1, 0.15) is 11.3 Å². The molecule has 2 heterocycles. The molecule has 0 aliphatic heterocycles. The van der Waals surface area contributed by atoms with Crippen LogP contribution in [0.15, 0.2) is 82.4 Å². The van der Waals surface area contributed by atoms with Crippen molar-refractivity contribution in [2.75, 3.05) is 13.1 Å². The quantitative estimate of drug-likeness (QED) is 0.370. The van der Waals surface area contributed by atoms with Crippen LogP contribution in [-0.2, 0) is 0 Å². The van der Waals surface area contributed by atoms with Crippen molar-refractivity contribution in [3.8, 4) is 11.1 Å². The number of fused-ring (bicyclic) bond motifs is 1. The van der Waals surface area contributed by atoms with Crippen molar-refractivity contribution in [3.63, 3.8) is 0 Å². The van der Waals surface area contributed by atoms with Crippen molar-refractivity contribution in [1.82, 2.24) is 20.6 Å². The number of carbonyl (C=O) groups excluding carboxylic acids is 2. The van der Waals surface area contributed by atoms with Crippen molar-refractivity contribution >= 4 is 22.8 Å². The number of hydrogen-bond acceptors (Lipinski definition) is 6. The Labute approximate surface area is 177 Å². The van der Waals surface area contributed by atoms with Gasteiger partial charge < -0.3 is 15.1 Å². The molecule has 2 aromatic heterocycles. The van der Waals surface area contributed by atoms with E-state index >= 15 is 0 Å². The van der Waals surface area contributed by atoms with Crippen LogP contribution in [0, 0.1) is 0 Å². The van der Waals surface area contributed by atoms with Crippen molar-refractivity contribution in [1.29, 1.82) is 0 Å². The molecule has 8 nitrogen and oxygen atoms in total. The highest BCUT2D eigenvalue weighted by Crippen LogP contribution is 2.21. The highest BCUT2D eigenvalue weighted by molar-refractivity contribution is 5.95. The molecule has 0 saturated heterocycles. The molecule has 2 N–H and O–H groups in total. The Morgan fingerprint density at radius 2 is 1.65 bits per heavy atom. The van der Waals surface area contributed by atoms with Gasteiger partial charge in [-0.15, -0.1) is 0 Å². The summed E-state index contributed by atoms with van der Waals surface area (Å²) in [6.07, 6.45) is 4.28. The molecule has 0 spiro atoms. The van der Waals surface area contributed by atoms with E-state index in [2.05, 4.69) is 20.6 Å². The SMILES string of the molecule is O=C(NCCNC(=O)c1cnccn1)c1ccc(-c2cc3ccccc3oc2=O)cc1. The third-order valence-corrected chi connectivity index (χ3v) is 4.59. The lowest BCUT2D eigenvalue weighted by atomic mass is 10.0. The van der Waals surface area contributed by atoms with Gasteiger partial charge in [-0.3, -0.25) is 14.6 Å². The lowest BCUT2D eigenvalue weighted by Gasteiger charge is -2.08. The monoisotopic (exact) mass is 414 g/mol. The molecule has 0 fully saturated rings. The third kappa shape index (κ3) is 4.64. The van der Waals surface area contributed by atoms with E-state index in [1.165, 1.54) is 18.6 Å². The molecule has 154 valence electrons. The molecule has 4 rings (SSSR count). The summed E-state index contributed by atoms with van der Waals surface area (Å²) in [7, 11) is 0. The maximum atomic E-state index is 12.3. The van der Waals surface area contributed by atoms with E-state index in [4.69, 9.17) is 4.42 Å². The molecule has 0 bridgehead atoms. The number of carbonyl (C=O) groups is 2. The summed E-state index contributed by atoms with van der Waals surface area (Å²) in [4.78, 5) is 44.2. The van der Waals surface area contributed by atoms with Gasteiger partial charge in [-0.25, -0.2) is 9.78 Å². The Morgan fingerprint density at radius 3 is 2.39 bits per heavy atom. The van der Waals surface area contributed by atoms with Gasteiger partial charge in [0.25, 0.3) is 11.8 Å². The Morgan fingerprint density at radius 1 is 0.903 bits per heavy atom. The van der Waals surface area contributed by atoms with E-state index in [0.29, 0.717) is 22.3 Å². The average molecular weight is 414 g/mol. The summed E-state index contributed by atoms with van der Waals surface area (Å²) >= 11 is 0. The van der Waals surface area contributed by atoms with E-state index in [-0.39, 0.29) is 30.6 Å². The number of amides is 2. The number of benzene rings is 2. The minimum atomic E-state index is -0.435. The van der Waals surface area contributed by atoms with Crippen LogP contribution in [0.5, 0.6) is 0 Å². The molecule has 0 aliphatic rings. The molecule has 0 aliphatic carbocycles. The fraction of sp³-hybridized carbons (Fsp3) is 0.0870. The first-order valence-corrected chi connectivity index (χ1v) is 9.57. The number of nitrogens with one attached hydrogen (secondary N) is 2. The molecule has 0 unspecified atom stereocenters. The number of hydrogen-bond donors (Lipinski definition) is 2. The summed E-state index contributed by atoms with van der Waals surface area (Å²) in [5.74, 6) is -0.647. The van der Waals surface area contributed by atoms with Gasteiger partial charge in [0, 0.05) is 36.4 Å². The predicted octanol–water partition coefficient (Wildman–Crippen LogP) is 2.41. The van der Waals surface area contributed by atoms with E-state index in [0.717, 1.165) is 5.39 Å². The van der Waals surface area contributed by atoms with Gasteiger partial charge in [-0.2, -0.15) is 0 Å². The first-order chi connectivity index (χ1) is 15.1. The molecule has 31 heavy (non-hydrogen) atoms. The predicted molar refractivity (Wildman–Crippen MR) is 115 cm³/mol. The zero-order valence-corrected chi connectivity index (χ0v) is 16.4. The van der Waals surface area contributed by atoms with Gasteiger partial charge in [-0.05, 0) is 29.8 Å². The Bertz CT molecular complexity index is 1280. The zero-order valence-electron chi connectivity index (χ0n) is 16.4. The zero-order chi connectivity index (χ0) is 21.6. The lowest BCUT2D eigenvalue weighted by molar-refractivity contribution is 0.0925. The Kier molecular flexibility index (Phi) is 5.79. The standard InChI is InChI=1S/C23H18N4O4/c28-21(26-11-12-27-22(29)19-14-24-9-10-25-19)16-7-5-15(6-8-16)18-13-17-3-1-2-4-20(17)31-23(18)30/h1-10,13-14H,11-12H2,(H,26,28)(H,27,29). The largest absolute Gasteiger partial charge is 0.422 e. The van der Waals surface area contributed by atoms with Crippen LogP contribution in [-0.4, -0.2) is 34.9 Å². The third-order valence-electron chi connectivity index (χ3n) is 4.59. The van der Waals surface area contributed by atoms with Crippen LogP contribution >= 0.6 is 0 Å². The summed E-state index contributed by atoms with van der Waals surface area (Å²) in [5, 5.41) is 6.21. The fourth-order valence-electron chi connectivity index (χ4n) is 3.03. The molecule has 0 radical (unpaired) electrons. The van der Waals surface area contributed by atoms with Crippen LogP contribution in [0.1, 0.15) is 20.8 Å². The van der Waals surface area contributed by atoms with E-state index < -0.39 is 5.63 Å². The maximum absolute atomic E-state index is 12.3. The van der Waals surface area contributed by atoms with Crippen LogP contribution in [0.3, 0.4) is 0 Å².